The van der Waals surface area contributed by atoms with Crippen LogP contribution in [0.2, 0.25) is 5.02 Å². The van der Waals surface area contributed by atoms with Gasteiger partial charge in [-0.1, -0.05) is 81.7 Å². The third-order valence-corrected chi connectivity index (χ3v) is 16.1. The largest absolute Gasteiger partial charge is 0.508 e. The number of primary amides is 1. The molecule has 21 N–H and O–H groups in total. The molecule has 2 unspecified atom stereocenters. The number of carboxylic acids is 1. The first-order valence-corrected chi connectivity index (χ1v) is 29.9. The molecule has 0 radical (unpaired) electrons. The number of hydrogen-bond donors (Lipinski definition) is 17. The van der Waals surface area contributed by atoms with Crippen LogP contribution in [0.3, 0.4) is 0 Å². The average molecular weight is 1240 g/mol. The van der Waals surface area contributed by atoms with Gasteiger partial charge < -0.3 is 85.7 Å². The van der Waals surface area contributed by atoms with E-state index in [9.17, 15) is 63.6 Å². The number of nitrogens with two attached hydrogens (primary N) is 4. The number of aromatic hydroxyl groups is 2. The van der Waals surface area contributed by atoms with Crippen molar-refractivity contribution < 1.29 is 68.7 Å². The highest BCUT2D eigenvalue weighted by molar-refractivity contribution is 8.76. The van der Waals surface area contributed by atoms with E-state index in [1.54, 1.807) is 24.3 Å². The molecule has 0 spiro atoms. The van der Waals surface area contributed by atoms with Gasteiger partial charge >= 0.3 is 5.97 Å². The fourth-order valence-electron chi connectivity index (χ4n) is 8.60. The summed E-state index contributed by atoms with van der Waals surface area (Å²) in [5.41, 5.74) is 25.9. The van der Waals surface area contributed by atoms with Gasteiger partial charge in [0, 0.05) is 28.6 Å². The Kier molecular flexibility index (Phi) is 27.2. The topological polar surface area (TPSA) is 455 Å². The minimum Gasteiger partial charge on any atom is -0.508 e. The van der Waals surface area contributed by atoms with Gasteiger partial charge in [-0.15, -0.1) is 0 Å². The molecule has 4 aromatic rings. The molecule has 1 heterocycles. The third kappa shape index (κ3) is 22.8. The lowest BCUT2D eigenvalue weighted by Gasteiger charge is -2.32. The van der Waals surface area contributed by atoms with Crippen LogP contribution in [0, 0.1) is 0 Å². The number of carbonyl (C=O) groups excluding carboxylic acids is 8. The zero-order chi connectivity index (χ0) is 62.3. The molecule has 8 amide bonds. The molecule has 1 aliphatic heterocycles. The van der Waals surface area contributed by atoms with Crippen molar-refractivity contribution in [1.82, 2.24) is 37.2 Å². The lowest BCUT2D eigenvalue weighted by atomic mass is 10.00. The van der Waals surface area contributed by atoms with Gasteiger partial charge in [-0.3, -0.25) is 48.5 Å². The lowest BCUT2D eigenvalue weighted by molar-refractivity contribution is -0.139. The number of aliphatic hydroxyl groups excluding tert-OH is 2. The van der Waals surface area contributed by atoms with Crippen LogP contribution in [-0.4, -0.2) is 164 Å². The fraction of sp³-hybridized carbons (Fsp3) is 0.411. The second kappa shape index (κ2) is 33.8. The van der Waals surface area contributed by atoms with E-state index in [-0.39, 0.29) is 73.8 Å². The maximum Gasteiger partial charge on any atom is 0.305 e. The van der Waals surface area contributed by atoms with Crippen LogP contribution in [0.5, 0.6) is 11.5 Å². The number of unbranched alkanes of at least 4 members (excludes halogenated alkanes) is 1. The van der Waals surface area contributed by atoms with E-state index in [0.29, 0.717) is 33.7 Å². The number of aliphatic carboxylic acids is 1. The van der Waals surface area contributed by atoms with Crippen LogP contribution in [0.4, 0.5) is 5.69 Å². The van der Waals surface area contributed by atoms with Gasteiger partial charge in [-0.05, 0) is 123 Å². The summed E-state index contributed by atoms with van der Waals surface area (Å²) in [6.45, 7) is 1.39. The molecule has 0 aromatic heterocycles. The molecule has 4 aromatic carbocycles. The van der Waals surface area contributed by atoms with Gasteiger partial charge in [0.15, 0.2) is 0 Å². The number of halogens is 1. The number of nitrogens with one attached hydrogen (secondary N) is 8. The number of rotatable bonds is 22. The molecule has 29 heteroatoms. The highest BCUT2D eigenvalue weighted by Gasteiger charge is 2.37. The molecule has 26 nitrogen and oxygen atoms in total. The van der Waals surface area contributed by atoms with E-state index in [1.807, 2.05) is 0 Å². The van der Waals surface area contributed by atoms with Crippen LogP contribution in [0.25, 0.3) is 0 Å². The van der Waals surface area contributed by atoms with Gasteiger partial charge in [-0.25, -0.2) is 0 Å². The van der Waals surface area contributed by atoms with E-state index in [1.165, 1.54) is 79.7 Å². The first-order chi connectivity index (χ1) is 40.4. The molecule has 0 aliphatic carbocycles. The van der Waals surface area contributed by atoms with Crippen LogP contribution in [0.15, 0.2) is 97.1 Å². The Labute approximate surface area is 502 Å². The number of hydrogen-bond acceptors (Lipinski definition) is 19. The SMILES string of the molecule is C[C@@H](O)[C@@H]1NC(=O)[C@H](CCCCN)NC(=O)[C@@H](Cc2ccc(NC(=O)C(N)CC(=O)O)cc2)NC(O)[C@H](Cc2ccc(O)cc2)NC(=O)[C@H](NC(=O)[C@@H](N)Cc2ccc(Cl)cc2)CSSC[C@@H](C(=O)N[C@H](Cc2ccc(O)cc2)C(N)=O)NC1=O. The number of amides is 8. The normalized spacial score (nSPS) is 21.7. The van der Waals surface area contributed by atoms with Crippen molar-refractivity contribution in [3.63, 3.8) is 0 Å². The van der Waals surface area contributed by atoms with Gasteiger partial charge in [0.25, 0.3) is 0 Å². The standard InChI is InChI=1S/C56H73ClN12O14S2/c1-29(70)47-56(83)68-45(54(81)64-41(48(61)75)23-32-9-17-36(71)18-10-32)28-85-84-27-44(67-50(77)38(59)22-30-5-13-34(57)14-6-30)55(82)66-43(25-33-11-19-37(72)20-12-33)53(80)65-42(52(79)63-40(51(78)69-47)4-2-3-21-58)24-31-7-15-35(16-8-31)62-49(76)39(60)26-46(73)74/h5-20,29,38-45,47,53,65,70-72,80H,2-4,21-28,58-60H2,1H3,(H2,61,75)(H,62,76)(H,63,79)(H,64,81)(H,66,82)(H,67,77)(H,68,83)(H,69,78)(H,73,74)/t29-,38+,39?,40+,41-,42-,43+,44-,45+,47+,53?/m1/s1. The maximum atomic E-state index is 14.8. The molecule has 460 valence electrons. The quantitative estimate of drug-likeness (QED) is 0.0320. The molecular formula is C56H73ClN12O14S2. The molecule has 1 aliphatic rings. The summed E-state index contributed by atoms with van der Waals surface area (Å²) >= 11 is 6.08. The third-order valence-electron chi connectivity index (χ3n) is 13.4. The summed E-state index contributed by atoms with van der Waals surface area (Å²) in [5, 5.41) is 74.1. The van der Waals surface area contributed by atoms with Crippen molar-refractivity contribution in [1.29, 1.82) is 0 Å². The number of benzene rings is 4. The van der Waals surface area contributed by atoms with E-state index < -0.39 is 126 Å². The fourth-order valence-corrected chi connectivity index (χ4v) is 11.1. The maximum absolute atomic E-state index is 14.8. The first-order valence-electron chi connectivity index (χ1n) is 27.0. The zero-order valence-corrected chi connectivity index (χ0v) is 48.7. The summed E-state index contributed by atoms with van der Waals surface area (Å²) in [6.07, 6.45) is -4.06. The van der Waals surface area contributed by atoms with Gasteiger partial charge in [-0.2, -0.15) is 0 Å². The van der Waals surface area contributed by atoms with E-state index in [2.05, 4.69) is 42.5 Å². The minimum absolute atomic E-state index is 0.0183. The van der Waals surface area contributed by atoms with Gasteiger partial charge in [0.1, 0.15) is 47.9 Å². The summed E-state index contributed by atoms with van der Waals surface area (Å²) in [6, 6.07) is 11.1. The zero-order valence-electron chi connectivity index (χ0n) is 46.3. The van der Waals surface area contributed by atoms with Crippen molar-refractivity contribution >= 4 is 92.1 Å². The molecule has 0 saturated carbocycles. The summed E-state index contributed by atoms with van der Waals surface area (Å²) in [7, 11) is 1.90. The van der Waals surface area contributed by atoms with E-state index in [0.717, 1.165) is 21.6 Å². The molecule has 11 atom stereocenters. The Morgan fingerprint density at radius 2 is 1.25 bits per heavy atom. The van der Waals surface area contributed by atoms with Crippen molar-refractivity contribution in [2.45, 2.75) is 125 Å². The average Bonchev–Trinajstić information content (AvgIpc) is 3.67. The molecule has 1 fully saturated rings. The number of aliphatic hydroxyl groups is 2. The van der Waals surface area contributed by atoms with Crippen molar-refractivity contribution in [3.8, 4) is 11.5 Å². The van der Waals surface area contributed by atoms with Crippen LogP contribution >= 0.6 is 33.2 Å². The minimum atomic E-state index is -1.83. The van der Waals surface area contributed by atoms with Crippen molar-refractivity contribution in [2.75, 3.05) is 23.4 Å². The smallest absolute Gasteiger partial charge is 0.305 e. The Morgan fingerprint density at radius 3 is 1.85 bits per heavy atom. The van der Waals surface area contributed by atoms with Gasteiger partial charge in [0.2, 0.25) is 47.3 Å². The van der Waals surface area contributed by atoms with Gasteiger partial charge in [0.05, 0.1) is 36.7 Å². The van der Waals surface area contributed by atoms with Crippen molar-refractivity contribution in [2.24, 2.45) is 22.9 Å². The predicted octanol–water partition coefficient (Wildman–Crippen LogP) is -1.33. The molecular weight excluding hydrogens is 1160 g/mol. The highest BCUT2D eigenvalue weighted by Crippen LogP contribution is 2.25. The monoisotopic (exact) mass is 1240 g/mol. The lowest BCUT2D eigenvalue weighted by Crippen LogP contribution is -2.63. The number of carboxylic acid groups (broad SMARTS) is 1. The highest BCUT2D eigenvalue weighted by atomic mass is 35.5. The number of anilines is 1. The second-order valence-corrected chi connectivity index (χ2v) is 23.3. The first kappa shape index (κ1) is 68.2. The molecule has 1 saturated heterocycles. The molecule has 85 heavy (non-hydrogen) atoms. The molecule has 5 rings (SSSR count). The van der Waals surface area contributed by atoms with E-state index >= 15 is 0 Å². The summed E-state index contributed by atoms with van der Waals surface area (Å²) in [5.74, 6) is -9.24. The van der Waals surface area contributed by atoms with Crippen LogP contribution < -0.4 is 65.5 Å². The van der Waals surface area contributed by atoms with E-state index in [4.69, 9.17) is 39.6 Å². The van der Waals surface area contributed by atoms with Crippen LogP contribution in [0.1, 0.15) is 54.9 Å². The number of carbonyl (C=O) groups is 9. The molecule has 0 bridgehead atoms. The predicted molar refractivity (Wildman–Crippen MR) is 319 cm³/mol. The number of phenolic OH excluding ortho intramolecular Hbond substituents is 2. The Bertz CT molecular complexity index is 2920. The van der Waals surface area contributed by atoms with Crippen LogP contribution in [-0.2, 0) is 68.8 Å². The second-order valence-electron chi connectivity index (χ2n) is 20.3. The Morgan fingerprint density at radius 1 is 0.682 bits per heavy atom. The summed E-state index contributed by atoms with van der Waals surface area (Å²) in [4.78, 5) is 123. The Balaban J connectivity index is 1.58. The Hall–Kier alpha value is -7.54. The number of phenols is 2. The summed E-state index contributed by atoms with van der Waals surface area (Å²) < 4.78 is 0. The van der Waals surface area contributed by atoms with Crippen molar-refractivity contribution in [3.05, 3.63) is 124 Å².